The molecule has 1 fully saturated rings. The topological polar surface area (TPSA) is 62.8 Å². The number of hydrogen-bond acceptors (Lipinski definition) is 5. The van der Waals surface area contributed by atoms with Crippen LogP contribution in [0.15, 0.2) is 46.9 Å². The van der Waals surface area contributed by atoms with E-state index in [1.165, 1.54) is 11.8 Å². The lowest BCUT2D eigenvalue weighted by atomic mass is 10.1. The van der Waals surface area contributed by atoms with E-state index in [1.54, 1.807) is 6.07 Å². The second-order valence-electron chi connectivity index (χ2n) is 5.60. The average Bonchev–Trinajstić information content (AvgIpc) is 2.99. The van der Waals surface area contributed by atoms with Crippen LogP contribution in [0.2, 0.25) is 0 Å². The summed E-state index contributed by atoms with van der Waals surface area (Å²) in [5.74, 6) is 0.456. The fourth-order valence-corrected chi connectivity index (χ4v) is 2.85. The van der Waals surface area contributed by atoms with Gasteiger partial charge in [-0.15, -0.1) is 0 Å². The molecule has 1 aliphatic heterocycles. The molecule has 0 bridgehead atoms. The van der Waals surface area contributed by atoms with Crippen molar-refractivity contribution in [3.05, 3.63) is 58.3 Å². The summed E-state index contributed by atoms with van der Waals surface area (Å²) < 4.78 is 5.25. The maximum atomic E-state index is 10.7. The molecule has 0 aliphatic carbocycles. The van der Waals surface area contributed by atoms with Gasteiger partial charge in [0, 0.05) is 31.4 Å². The Hall–Kier alpha value is -2.34. The van der Waals surface area contributed by atoms with Crippen LogP contribution in [0.5, 0.6) is 0 Å². The van der Waals surface area contributed by atoms with Gasteiger partial charge in [-0.05, 0) is 25.1 Å². The van der Waals surface area contributed by atoms with Gasteiger partial charge in [-0.1, -0.05) is 18.2 Å². The first-order chi connectivity index (χ1) is 10.6. The van der Waals surface area contributed by atoms with Crippen LogP contribution in [0.4, 0.5) is 11.6 Å². The summed E-state index contributed by atoms with van der Waals surface area (Å²) in [6, 6.07) is 13.8. The second kappa shape index (κ2) is 6.19. The van der Waals surface area contributed by atoms with Crippen LogP contribution in [0, 0.1) is 10.1 Å². The van der Waals surface area contributed by atoms with Crippen LogP contribution in [-0.2, 0) is 6.54 Å². The van der Waals surface area contributed by atoms with E-state index in [1.807, 2.05) is 18.2 Å². The highest BCUT2D eigenvalue weighted by Crippen LogP contribution is 2.22. The maximum Gasteiger partial charge on any atom is 0.433 e. The summed E-state index contributed by atoms with van der Waals surface area (Å²) in [6.45, 7) is 5.57. The average molecular weight is 301 g/mol. The van der Waals surface area contributed by atoms with Crippen molar-refractivity contribution >= 4 is 11.6 Å². The first-order valence-corrected chi connectivity index (χ1v) is 7.40. The van der Waals surface area contributed by atoms with Crippen molar-refractivity contribution in [2.45, 2.75) is 19.5 Å². The Balaban J connectivity index is 1.62. The molecule has 3 rings (SSSR count). The molecule has 2 aromatic rings. The first kappa shape index (κ1) is 14.6. The summed E-state index contributed by atoms with van der Waals surface area (Å²) in [4.78, 5) is 14.8. The van der Waals surface area contributed by atoms with E-state index in [0.29, 0.717) is 18.3 Å². The molecule has 1 aliphatic rings. The fourth-order valence-electron chi connectivity index (χ4n) is 2.85. The lowest BCUT2D eigenvalue weighted by Gasteiger charge is -2.40. The fraction of sp³-hybridized carbons (Fsp3) is 0.375. The highest BCUT2D eigenvalue weighted by molar-refractivity contribution is 5.46. The molecular weight excluding hydrogens is 282 g/mol. The van der Waals surface area contributed by atoms with Crippen LogP contribution in [-0.4, -0.2) is 35.5 Å². The summed E-state index contributed by atoms with van der Waals surface area (Å²) in [7, 11) is 0. The highest BCUT2D eigenvalue weighted by atomic mass is 16.6. The molecule has 2 heterocycles. The zero-order chi connectivity index (χ0) is 15.5. The van der Waals surface area contributed by atoms with Crippen LogP contribution in [0.1, 0.15) is 12.7 Å². The van der Waals surface area contributed by atoms with Gasteiger partial charge in [0.1, 0.15) is 10.7 Å². The quantitative estimate of drug-likeness (QED) is 0.642. The minimum atomic E-state index is -0.500. The van der Waals surface area contributed by atoms with Gasteiger partial charge in [-0.25, -0.2) is 0 Å². The number of hydrogen-bond donors (Lipinski definition) is 0. The Morgan fingerprint density at radius 1 is 1.23 bits per heavy atom. The van der Waals surface area contributed by atoms with Crippen molar-refractivity contribution in [2.24, 2.45) is 0 Å². The van der Waals surface area contributed by atoms with Crippen molar-refractivity contribution in [3.63, 3.8) is 0 Å². The largest absolute Gasteiger partial charge is 0.433 e. The Bertz CT molecular complexity index is 641. The normalized spacial score (nSPS) is 19.3. The number of nitrogens with zero attached hydrogens (tertiary/aromatic N) is 3. The summed E-state index contributed by atoms with van der Waals surface area (Å²) >= 11 is 0. The van der Waals surface area contributed by atoms with E-state index >= 15 is 0 Å². The molecule has 0 N–H and O–H groups in total. The summed E-state index contributed by atoms with van der Waals surface area (Å²) in [6.07, 6.45) is 0. The zero-order valence-electron chi connectivity index (χ0n) is 12.5. The third kappa shape index (κ3) is 3.12. The molecule has 1 saturated heterocycles. The van der Waals surface area contributed by atoms with Crippen molar-refractivity contribution in [2.75, 3.05) is 24.5 Å². The third-order valence-electron chi connectivity index (χ3n) is 4.07. The maximum absolute atomic E-state index is 10.7. The van der Waals surface area contributed by atoms with Gasteiger partial charge in [0.25, 0.3) is 0 Å². The highest BCUT2D eigenvalue weighted by Gasteiger charge is 2.25. The number of rotatable bonds is 4. The van der Waals surface area contributed by atoms with Crippen molar-refractivity contribution in [1.29, 1.82) is 0 Å². The van der Waals surface area contributed by atoms with Gasteiger partial charge in [-0.3, -0.25) is 15.0 Å². The Labute approximate surface area is 129 Å². The number of anilines is 1. The molecule has 0 radical (unpaired) electrons. The minimum Gasteiger partial charge on any atom is -0.404 e. The van der Waals surface area contributed by atoms with Gasteiger partial charge in [0.2, 0.25) is 0 Å². The standard InChI is InChI=1S/C16H19N3O3/c1-13-11-18(14-5-3-2-4-6-14)10-9-17(13)12-15-7-8-16(22-15)19(20)21/h2-8,13H,9-12H2,1H3/t13-/m1/s1. The molecule has 1 aromatic carbocycles. The molecule has 0 amide bonds. The van der Waals surface area contributed by atoms with Gasteiger partial charge >= 0.3 is 5.88 Å². The first-order valence-electron chi connectivity index (χ1n) is 7.40. The summed E-state index contributed by atoms with van der Waals surface area (Å²) in [5, 5.41) is 10.7. The number of para-hydroxylation sites is 1. The number of furan rings is 1. The molecule has 6 heteroatoms. The number of benzene rings is 1. The third-order valence-corrected chi connectivity index (χ3v) is 4.07. The minimum absolute atomic E-state index is 0.189. The lowest BCUT2D eigenvalue weighted by Crippen LogP contribution is -2.51. The molecule has 0 saturated carbocycles. The smallest absolute Gasteiger partial charge is 0.404 e. The van der Waals surface area contributed by atoms with Gasteiger partial charge in [-0.2, -0.15) is 0 Å². The van der Waals surface area contributed by atoms with Crippen LogP contribution < -0.4 is 4.90 Å². The Kier molecular flexibility index (Phi) is 4.11. The SMILES string of the molecule is C[C@@H]1CN(c2ccccc2)CCN1Cc1ccc([N+](=O)[O-])o1. The predicted molar refractivity (Wildman–Crippen MR) is 83.9 cm³/mol. The monoisotopic (exact) mass is 301 g/mol. The molecule has 1 atom stereocenters. The molecule has 0 unspecified atom stereocenters. The Morgan fingerprint density at radius 2 is 2.00 bits per heavy atom. The van der Waals surface area contributed by atoms with E-state index in [4.69, 9.17) is 4.42 Å². The lowest BCUT2D eigenvalue weighted by molar-refractivity contribution is -0.402. The van der Waals surface area contributed by atoms with E-state index in [0.717, 1.165) is 19.6 Å². The van der Waals surface area contributed by atoms with Crippen LogP contribution in [0.3, 0.4) is 0 Å². The molecule has 116 valence electrons. The van der Waals surface area contributed by atoms with Gasteiger partial charge in [0.05, 0.1) is 12.6 Å². The number of piperazine rings is 1. The Morgan fingerprint density at radius 3 is 2.64 bits per heavy atom. The molecule has 22 heavy (non-hydrogen) atoms. The zero-order valence-corrected chi connectivity index (χ0v) is 12.5. The van der Waals surface area contributed by atoms with E-state index < -0.39 is 4.92 Å². The van der Waals surface area contributed by atoms with Crippen LogP contribution >= 0.6 is 0 Å². The van der Waals surface area contributed by atoms with Gasteiger partial charge < -0.3 is 9.32 Å². The van der Waals surface area contributed by atoms with E-state index in [2.05, 4.69) is 28.9 Å². The van der Waals surface area contributed by atoms with E-state index in [-0.39, 0.29) is 5.88 Å². The van der Waals surface area contributed by atoms with Crippen molar-refractivity contribution < 1.29 is 9.34 Å². The van der Waals surface area contributed by atoms with Crippen molar-refractivity contribution in [1.82, 2.24) is 4.90 Å². The van der Waals surface area contributed by atoms with Crippen LogP contribution in [0.25, 0.3) is 0 Å². The van der Waals surface area contributed by atoms with Gasteiger partial charge in [0.15, 0.2) is 0 Å². The predicted octanol–water partition coefficient (Wildman–Crippen LogP) is 2.90. The molecule has 1 aromatic heterocycles. The number of nitro groups is 1. The molecule has 0 spiro atoms. The second-order valence-corrected chi connectivity index (χ2v) is 5.60. The van der Waals surface area contributed by atoms with E-state index in [9.17, 15) is 10.1 Å². The summed E-state index contributed by atoms with van der Waals surface area (Å²) in [5.41, 5.74) is 1.24. The molecular formula is C16H19N3O3. The molecule has 6 nitrogen and oxygen atoms in total. The van der Waals surface area contributed by atoms with Crippen molar-refractivity contribution in [3.8, 4) is 0 Å².